The highest BCUT2D eigenvalue weighted by atomic mass is 16.1. The third kappa shape index (κ3) is 3.07. The lowest BCUT2D eigenvalue weighted by Crippen LogP contribution is -2.19. The highest BCUT2D eigenvalue weighted by Crippen LogP contribution is 2.24. The maximum atomic E-state index is 11.2. The number of anilines is 1. The SMILES string of the molecule is CC(CN)CCc1ccc2c(c1)CCC(=O)N2. The molecule has 92 valence electrons. The van der Waals surface area contributed by atoms with E-state index in [0.29, 0.717) is 12.3 Å². The van der Waals surface area contributed by atoms with Gasteiger partial charge in [0.2, 0.25) is 5.91 Å². The number of hydrogen-bond acceptors (Lipinski definition) is 2. The van der Waals surface area contributed by atoms with Crippen LogP contribution in [0.1, 0.15) is 30.9 Å². The van der Waals surface area contributed by atoms with Crippen molar-refractivity contribution in [1.82, 2.24) is 0 Å². The Morgan fingerprint density at radius 3 is 3.00 bits per heavy atom. The van der Waals surface area contributed by atoms with Gasteiger partial charge in [-0.15, -0.1) is 0 Å². The van der Waals surface area contributed by atoms with E-state index in [1.807, 2.05) is 6.07 Å². The van der Waals surface area contributed by atoms with Gasteiger partial charge < -0.3 is 11.1 Å². The van der Waals surface area contributed by atoms with Gasteiger partial charge >= 0.3 is 0 Å². The number of carbonyl (C=O) groups is 1. The number of nitrogens with one attached hydrogen (secondary N) is 1. The summed E-state index contributed by atoms with van der Waals surface area (Å²) in [4.78, 5) is 11.2. The minimum Gasteiger partial charge on any atom is -0.330 e. The molecule has 1 unspecified atom stereocenters. The topological polar surface area (TPSA) is 55.1 Å². The van der Waals surface area contributed by atoms with Crippen molar-refractivity contribution in [3.63, 3.8) is 0 Å². The van der Waals surface area contributed by atoms with Crippen molar-refractivity contribution in [3.8, 4) is 0 Å². The highest BCUT2D eigenvalue weighted by molar-refractivity contribution is 5.93. The first kappa shape index (κ1) is 12.1. The number of rotatable bonds is 4. The summed E-state index contributed by atoms with van der Waals surface area (Å²) in [7, 11) is 0. The molecule has 1 aliphatic heterocycles. The number of amides is 1. The normalized spacial score (nSPS) is 16.2. The maximum Gasteiger partial charge on any atom is 0.224 e. The summed E-state index contributed by atoms with van der Waals surface area (Å²) >= 11 is 0. The zero-order chi connectivity index (χ0) is 12.3. The number of hydrogen-bond donors (Lipinski definition) is 2. The fraction of sp³-hybridized carbons (Fsp3) is 0.500. The summed E-state index contributed by atoms with van der Waals surface area (Å²) in [5, 5.41) is 2.90. The Balaban J connectivity index is 2.04. The van der Waals surface area contributed by atoms with Gasteiger partial charge in [-0.3, -0.25) is 4.79 Å². The zero-order valence-electron chi connectivity index (χ0n) is 10.3. The van der Waals surface area contributed by atoms with Crippen molar-refractivity contribution in [1.29, 1.82) is 0 Å². The van der Waals surface area contributed by atoms with Gasteiger partial charge in [0.25, 0.3) is 0 Å². The van der Waals surface area contributed by atoms with Crippen LogP contribution in [0.2, 0.25) is 0 Å². The Hall–Kier alpha value is -1.35. The van der Waals surface area contributed by atoms with E-state index in [2.05, 4.69) is 24.4 Å². The van der Waals surface area contributed by atoms with Crippen molar-refractivity contribution in [2.24, 2.45) is 11.7 Å². The molecule has 1 aliphatic rings. The Morgan fingerprint density at radius 2 is 2.24 bits per heavy atom. The first-order chi connectivity index (χ1) is 8.19. The molecule has 3 N–H and O–H groups in total. The summed E-state index contributed by atoms with van der Waals surface area (Å²) < 4.78 is 0. The smallest absolute Gasteiger partial charge is 0.224 e. The van der Waals surface area contributed by atoms with Gasteiger partial charge in [0.1, 0.15) is 0 Å². The maximum absolute atomic E-state index is 11.2. The summed E-state index contributed by atoms with van der Waals surface area (Å²) in [6.07, 6.45) is 3.67. The molecular formula is C14H20N2O. The number of benzene rings is 1. The fourth-order valence-corrected chi connectivity index (χ4v) is 2.12. The van der Waals surface area contributed by atoms with Crippen LogP contribution in [-0.4, -0.2) is 12.5 Å². The molecule has 0 saturated heterocycles. The van der Waals surface area contributed by atoms with Crippen LogP contribution in [0.5, 0.6) is 0 Å². The van der Waals surface area contributed by atoms with Crippen LogP contribution in [-0.2, 0) is 17.6 Å². The van der Waals surface area contributed by atoms with E-state index in [9.17, 15) is 4.79 Å². The van der Waals surface area contributed by atoms with Crippen molar-refractivity contribution >= 4 is 11.6 Å². The minimum atomic E-state index is 0.127. The molecule has 3 nitrogen and oxygen atoms in total. The van der Waals surface area contributed by atoms with Gasteiger partial charge in [-0.2, -0.15) is 0 Å². The molecule has 0 saturated carbocycles. The van der Waals surface area contributed by atoms with E-state index in [-0.39, 0.29) is 5.91 Å². The monoisotopic (exact) mass is 232 g/mol. The third-order valence-electron chi connectivity index (χ3n) is 3.39. The summed E-state index contributed by atoms with van der Waals surface area (Å²) in [5.74, 6) is 0.702. The van der Waals surface area contributed by atoms with E-state index >= 15 is 0 Å². The van der Waals surface area contributed by atoms with Crippen molar-refractivity contribution in [3.05, 3.63) is 29.3 Å². The Kier molecular flexibility index (Phi) is 3.79. The second-order valence-electron chi connectivity index (χ2n) is 4.92. The van der Waals surface area contributed by atoms with Crippen LogP contribution in [0.25, 0.3) is 0 Å². The average Bonchev–Trinajstić information content (AvgIpc) is 2.35. The molecule has 0 aliphatic carbocycles. The molecule has 1 amide bonds. The largest absolute Gasteiger partial charge is 0.330 e. The molecule has 1 aromatic carbocycles. The van der Waals surface area contributed by atoms with Crippen LogP contribution in [0.15, 0.2) is 18.2 Å². The van der Waals surface area contributed by atoms with Gasteiger partial charge in [-0.25, -0.2) is 0 Å². The lowest BCUT2D eigenvalue weighted by molar-refractivity contribution is -0.116. The van der Waals surface area contributed by atoms with Crippen LogP contribution >= 0.6 is 0 Å². The van der Waals surface area contributed by atoms with E-state index in [4.69, 9.17) is 5.73 Å². The first-order valence-corrected chi connectivity index (χ1v) is 6.30. The van der Waals surface area contributed by atoms with E-state index in [1.54, 1.807) is 0 Å². The lowest BCUT2D eigenvalue weighted by atomic mass is 9.96. The Morgan fingerprint density at radius 1 is 1.41 bits per heavy atom. The second-order valence-corrected chi connectivity index (χ2v) is 4.92. The van der Waals surface area contributed by atoms with Crippen molar-refractivity contribution in [2.45, 2.75) is 32.6 Å². The van der Waals surface area contributed by atoms with Crippen LogP contribution < -0.4 is 11.1 Å². The number of fused-ring (bicyclic) bond motifs is 1. The predicted octanol–water partition coefficient (Wildman–Crippen LogP) is 2.10. The van der Waals surface area contributed by atoms with Crippen molar-refractivity contribution < 1.29 is 4.79 Å². The lowest BCUT2D eigenvalue weighted by Gasteiger charge is -2.18. The molecule has 0 spiro atoms. The van der Waals surface area contributed by atoms with Gasteiger partial charge in [0.05, 0.1) is 0 Å². The predicted molar refractivity (Wildman–Crippen MR) is 69.9 cm³/mol. The fourth-order valence-electron chi connectivity index (χ4n) is 2.12. The Bertz CT molecular complexity index is 415. The minimum absolute atomic E-state index is 0.127. The van der Waals surface area contributed by atoms with Gasteiger partial charge in [0, 0.05) is 12.1 Å². The zero-order valence-corrected chi connectivity index (χ0v) is 10.3. The standard InChI is InChI=1S/C14H20N2O/c1-10(9-15)2-3-11-4-6-13-12(8-11)5-7-14(17)16-13/h4,6,8,10H,2-3,5,7,9,15H2,1H3,(H,16,17). The van der Waals surface area contributed by atoms with Crippen LogP contribution in [0, 0.1) is 5.92 Å². The molecule has 2 rings (SSSR count). The van der Waals surface area contributed by atoms with Gasteiger partial charge in [0.15, 0.2) is 0 Å². The molecule has 1 aromatic rings. The molecule has 3 heteroatoms. The molecule has 0 radical (unpaired) electrons. The van der Waals surface area contributed by atoms with E-state index in [1.165, 1.54) is 11.1 Å². The molecule has 0 fully saturated rings. The van der Waals surface area contributed by atoms with E-state index < -0.39 is 0 Å². The summed E-state index contributed by atoms with van der Waals surface area (Å²) in [6, 6.07) is 6.35. The summed E-state index contributed by atoms with van der Waals surface area (Å²) in [6.45, 7) is 2.93. The van der Waals surface area contributed by atoms with Crippen LogP contribution in [0.3, 0.4) is 0 Å². The number of carbonyl (C=O) groups excluding carboxylic acids is 1. The van der Waals surface area contributed by atoms with Crippen molar-refractivity contribution in [2.75, 3.05) is 11.9 Å². The Labute approximate surface area is 102 Å². The average molecular weight is 232 g/mol. The third-order valence-corrected chi connectivity index (χ3v) is 3.39. The first-order valence-electron chi connectivity index (χ1n) is 6.30. The molecule has 1 atom stereocenters. The summed E-state index contributed by atoms with van der Waals surface area (Å²) in [5.41, 5.74) is 9.21. The van der Waals surface area contributed by atoms with Gasteiger partial charge in [-0.05, 0) is 48.9 Å². The highest BCUT2D eigenvalue weighted by Gasteiger charge is 2.14. The number of aryl methyl sites for hydroxylation is 2. The van der Waals surface area contributed by atoms with Gasteiger partial charge in [-0.1, -0.05) is 19.1 Å². The van der Waals surface area contributed by atoms with Crippen LogP contribution in [0.4, 0.5) is 5.69 Å². The second kappa shape index (κ2) is 5.32. The molecule has 1 heterocycles. The molecule has 17 heavy (non-hydrogen) atoms. The quantitative estimate of drug-likeness (QED) is 0.835. The van der Waals surface area contributed by atoms with E-state index in [0.717, 1.165) is 31.5 Å². The number of nitrogens with two attached hydrogens (primary N) is 1. The molecule has 0 bridgehead atoms. The molecule has 0 aromatic heterocycles. The molecular weight excluding hydrogens is 212 g/mol.